The van der Waals surface area contributed by atoms with Gasteiger partial charge < -0.3 is 19.7 Å². The Morgan fingerprint density at radius 1 is 1.21 bits per heavy atom. The van der Waals surface area contributed by atoms with Crippen molar-refractivity contribution in [2.45, 2.75) is 50.0 Å². The second-order valence-corrected chi connectivity index (χ2v) is 9.29. The molecule has 0 radical (unpaired) electrons. The van der Waals surface area contributed by atoms with Crippen LogP contribution in [0.15, 0.2) is 24.3 Å². The lowest BCUT2D eigenvalue weighted by molar-refractivity contribution is -0.144. The lowest BCUT2D eigenvalue weighted by Crippen LogP contribution is -2.59. The molecule has 2 saturated carbocycles. The third kappa shape index (κ3) is 2.93. The standard InChI is InChI=1S/C22H28N2O4/c1-27-18-4-2-3-15(9-18)16-10-21(11-16)5-7-24(8-6-21)19(25)17-12-22(13-17)14-28-20(26)23-22/h2-4,9,16-17H,5-8,10-14H2,1H3,(H,23,26)/t17-,22+. The number of amides is 2. The molecule has 1 aromatic rings. The van der Waals surface area contributed by atoms with Gasteiger partial charge in [-0.2, -0.15) is 0 Å². The van der Waals surface area contributed by atoms with E-state index in [1.54, 1.807) is 7.11 Å². The fraction of sp³-hybridized carbons (Fsp3) is 0.636. The van der Waals surface area contributed by atoms with E-state index in [1.165, 1.54) is 18.4 Å². The van der Waals surface area contributed by atoms with Gasteiger partial charge in [0.1, 0.15) is 12.4 Å². The summed E-state index contributed by atoms with van der Waals surface area (Å²) in [5.41, 5.74) is 1.52. The number of piperidine rings is 1. The number of hydrogen-bond acceptors (Lipinski definition) is 4. The Labute approximate surface area is 165 Å². The smallest absolute Gasteiger partial charge is 0.407 e. The fourth-order valence-corrected chi connectivity index (χ4v) is 5.76. The largest absolute Gasteiger partial charge is 0.497 e. The van der Waals surface area contributed by atoms with Crippen molar-refractivity contribution in [1.29, 1.82) is 0 Å². The van der Waals surface area contributed by atoms with Gasteiger partial charge in [0.05, 0.1) is 12.6 Å². The number of rotatable bonds is 3. The minimum atomic E-state index is -0.346. The van der Waals surface area contributed by atoms with Crippen LogP contribution in [0.25, 0.3) is 0 Å². The molecule has 5 rings (SSSR count). The molecule has 4 aliphatic rings. The minimum absolute atomic E-state index is 0.0435. The maximum atomic E-state index is 12.8. The SMILES string of the molecule is COc1cccc(C2CC3(CCN(C(=O)[C@H]4C[C@]5(COC(=O)N5)C4)CC3)C2)c1. The van der Waals surface area contributed by atoms with E-state index in [0.717, 1.165) is 44.5 Å². The first kappa shape index (κ1) is 17.8. The van der Waals surface area contributed by atoms with Crippen LogP contribution in [-0.2, 0) is 9.53 Å². The summed E-state index contributed by atoms with van der Waals surface area (Å²) in [5.74, 6) is 1.86. The molecular formula is C22H28N2O4. The average Bonchev–Trinajstić information content (AvgIpc) is 3.07. The zero-order valence-corrected chi connectivity index (χ0v) is 16.4. The van der Waals surface area contributed by atoms with Gasteiger partial charge in [-0.1, -0.05) is 12.1 Å². The highest BCUT2D eigenvalue weighted by Crippen LogP contribution is 2.57. The molecule has 2 aliphatic carbocycles. The van der Waals surface area contributed by atoms with Crippen LogP contribution in [0.1, 0.15) is 50.0 Å². The predicted molar refractivity (Wildman–Crippen MR) is 103 cm³/mol. The van der Waals surface area contributed by atoms with Crippen LogP contribution in [0, 0.1) is 11.3 Å². The number of carbonyl (C=O) groups excluding carboxylic acids is 2. The van der Waals surface area contributed by atoms with Crippen molar-refractivity contribution in [1.82, 2.24) is 10.2 Å². The fourth-order valence-electron chi connectivity index (χ4n) is 5.76. The first-order valence-electron chi connectivity index (χ1n) is 10.4. The molecule has 2 amide bonds. The highest BCUT2D eigenvalue weighted by Gasteiger charge is 2.54. The third-order valence-corrected chi connectivity index (χ3v) is 7.53. The maximum Gasteiger partial charge on any atom is 0.407 e. The Hall–Kier alpha value is -2.24. The van der Waals surface area contributed by atoms with Crippen LogP contribution in [-0.4, -0.2) is 49.2 Å². The molecule has 0 unspecified atom stereocenters. The normalized spacial score (nSPS) is 27.7. The summed E-state index contributed by atoms with van der Waals surface area (Å²) >= 11 is 0. The number of nitrogens with one attached hydrogen (secondary N) is 1. The van der Waals surface area contributed by atoms with Crippen molar-refractivity contribution in [3.63, 3.8) is 0 Å². The van der Waals surface area contributed by atoms with Gasteiger partial charge in [-0.05, 0) is 67.6 Å². The van der Waals surface area contributed by atoms with Gasteiger partial charge in [-0.3, -0.25) is 4.79 Å². The molecular weight excluding hydrogens is 356 g/mol. The number of benzene rings is 1. The molecule has 28 heavy (non-hydrogen) atoms. The van der Waals surface area contributed by atoms with E-state index in [0.29, 0.717) is 17.9 Å². The first-order chi connectivity index (χ1) is 13.5. The van der Waals surface area contributed by atoms with Crippen molar-refractivity contribution < 1.29 is 19.1 Å². The van der Waals surface area contributed by atoms with Crippen LogP contribution in [0.4, 0.5) is 4.79 Å². The molecule has 1 aromatic carbocycles. The molecule has 1 N–H and O–H groups in total. The van der Waals surface area contributed by atoms with Gasteiger partial charge in [-0.15, -0.1) is 0 Å². The van der Waals surface area contributed by atoms with Gasteiger partial charge in [0, 0.05) is 19.0 Å². The van der Waals surface area contributed by atoms with Crippen molar-refractivity contribution in [2.24, 2.45) is 11.3 Å². The molecule has 2 aliphatic heterocycles. The highest BCUT2D eigenvalue weighted by atomic mass is 16.6. The van der Waals surface area contributed by atoms with Gasteiger partial charge in [0.2, 0.25) is 5.91 Å². The van der Waals surface area contributed by atoms with Crippen LogP contribution in [0.2, 0.25) is 0 Å². The Bertz CT molecular complexity index is 785. The zero-order chi connectivity index (χ0) is 19.4. The molecule has 0 aromatic heterocycles. The lowest BCUT2D eigenvalue weighted by Gasteiger charge is -2.53. The molecule has 2 saturated heterocycles. The Kier molecular flexibility index (Phi) is 4.07. The molecule has 6 nitrogen and oxygen atoms in total. The van der Waals surface area contributed by atoms with E-state index in [9.17, 15) is 9.59 Å². The minimum Gasteiger partial charge on any atom is -0.497 e. The van der Waals surface area contributed by atoms with Gasteiger partial charge in [-0.25, -0.2) is 4.79 Å². The number of alkyl carbamates (subject to hydrolysis) is 1. The van der Waals surface area contributed by atoms with Crippen LogP contribution < -0.4 is 10.1 Å². The van der Waals surface area contributed by atoms with E-state index >= 15 is 0 Å². The summed E-state index contributed by atoms with van der Waals surface area (Å²) in [6, 6.07) is 8.43. The molecule has 0 atom stereocenters. The van der Waals surface area contributed by atoms with Gasteiger partial charge >= 0.3 is 6.09 Å². The van der Waals surface area contributed by atoms with E-state index in [-0.39, 0.29) is 23.5 Å². The van der Waals surface area contributed by atoms with Crippen LogP contribution >= 0.6 is 0 Å². The predicted octanol–water partition coefficient (Wildman–Crippen LogP) is 3.07. The zero-order valence-electron chi connectivity index (χ0n) is 16.4. The average molecular weight is 384 g/mol. The molecule has 150 valence electrons. The van der Waals surface area contributed by atoms with E-state index < -0.39 is 0 Å². The summed E-state index contributed by atoms with van der Waals surface area (Å²) in [5, 5.41) is 2.87. The summed E-state index contributed by atoms with van der Waals surface area (Å²) in [7, 11) is 1.71. The molecule has 0 bridgehead atoms. The summed E-state index contributed by atoms with van der Waals surface area (Å²) in [6.07, 6.45) is 5.75. The number of ether oxygens (including phenoxy) is 2. The van der Waals surface area contributed by atoms with E-state index in [4.69, 9.17) is 9.47 Å². The monoisotopic (exact) mass is 384 g/mol. The van der Waals surface area contributed by atoms with Gasteiger partial charge in [0.15, 0.2) is 0 Å². The molecule has 2 heterocycles. The first-order valence-corrected chi connectivity index (χ1v) is 10.4. The van der Waals surface area contributed by atoms with Gasteiger partial charge in [0.25, 0.3) is 0 Å². The Balaban J connectivity index is 1.12. The van der Waals surface area contributed by atoms with Crippen LogP contribution in [0.3, 0.4) is 0 Å². The quantitative estimate of drug-likeness (QED) is 0.870. The van der Waals surface area contributed by atoms with E-state index in [1.807, 2.05) is 6.07 Å². The number of cyclic esters (lactones) is 1. The summed E-state index contributed by atoms with van der Waals surface area (Å²) < 4.78 is 10.4. The Morgan fingerprint density at radius 3 is 2.61 bits per heavy atom. The summed E-state index contributed by atoms with van der Waals surface area (Å²) in [4.78, 5) is 26.2. The van der Waals surface area contributed by atoms with Crippen molar-refractivity contribution >= 4 is 12.0 Å². The summed E-state index contributed by atoms with van der Waals surface area (Å²) in [6.45, 7) is 2.15. The maximum absolute atomic E-state index is 12.8. The molecule has 4 fully saturated rings. The number of likely N-dealkylation sites (tertiary alicyclic amines) is 1. The van der Waals surface area contributed by atoms with Crippen molar-refractivity contribution in [3.05, 3.63) is 29.8 Å². The second kappa shape index (κ2) is 6.39. The van der Waals surface area contributed by atoms with Crippen molar-refractivity contribution in [3.8, 4) is 5.75 Å². The Morgan fingerprint density at radius 2 is 1.96 bits per heavy atom. The second-order valence-electron chi connectivity index (χ2n) is 9.29. The molecule has 2 spiro atoms. The lowest BCUT2D eigenvalue weighted by atomic mass is 9.56. The topological polar surface area (TPSA) is 67.9 Å². The number of nitrogens with zero attached hydrogens (tertiary/aromatic N) is 1. The third-order valence-electron chi connectivity index (χ3n) is 7.53. The van der Waals surface area contributed by atoms with E-state index in [2.05, 4.69) is 28.4 Å². The number of carbonyl (C=O) groups is 2. The van der Waals surface area contributed by atoms with Crippen molar-refractivity contribution in [2.75, 3.05) is 26.8 Å². The van der Waals surface area contributed by atoms with Crippen LogP contribution in [0.5, 0.6) is 5.75 Å². The number of methoxy groups -OCH3 is 1. The highest BCUT2D eigenvalue weighted by molar-refractivity contribution is 5.81. The number of hydrogen-bond donors (Lipinski definition) is 1. The molecule has 6 heteroatoms.